The van der Waals surface area contributed by atoms with Crippen molar-refractivity contribution in [2.24, 2.45) is 17.2 Å². The molecule has 10 N–H and O–H groups in total. The van der Waals surface area contributed by atoms with Crippen LogP contribution in [0.2, 0.25) is 0 Å². The van der Waals surface area contributed by atoms with Gasteiger partial charge in [-0.3, -0.25) is 0 Å². The van der Waals surface area contributed by atoms with Crippen molar-refractivity contribution in [3.8, 4) is 45.6 Å². The quantitative estimate of drug-likeness (QED) is 0.0935. The molecule has 0 saturated heterocycles. The molecule has 6 aromatic rings. The Balaban J connectivity index is 1.57. The summed E-state index contributed by atoms with van der Waals surface area (Å²) in [7, 11) is 0. The van der Waals surface area contributed by atoms with Crippen LogP contribution in [0.25, 0.3) is 84.6 Å². The van der Waals surface area contributed by atoms with Gasteiger partial charge in [0.05, 0.1) is 0 Å². The zero-order chi connectivity index (χ0) is 30.1. The van der Waals surface area contributed by atoms with Gasteiger partial charge in [0.25, 0.3) is 0 Å². The van der Waals surface area contributed by atoms with Crippen LogP contribution in [0.1, 0.15) is 5.56 Å². The molecule has 8 bridgehead atoms. The van der Waals surface area contributed by atoms with Crippen LogP contribution in [0.5, 0.6) is 0 Å². The number of rotatable bonds is 2. The zero-order valence-electron chi connectivity index (χ0n) is 23.1. The molecule has 0 saturated carbocycles. The summed E-state index contributed by atoms with van der Waals surface area (Å²) in [6, 6.07) is 24.5. The molecule has 0 fully saturated rings. The predicted molar refractivity (Wildman–Crippen MR) is 166 cm³/mol. The van der Waals surface area contributed by atoms with Gasteiger partial charge in [-0.05, 0) is 0 Å². The van der Waals surface area contributed by atoms with Crippen LogP contribution in [0.3, 0.4) is 0 Å². The molecule has 0 atom stereocenters. The first-order valence-corrected chi connectivity index (χ1v) is 15.1. The van der Waals surface area contributed by atoms with Gasteiger partial charge in [-0.2, -0.15) is 0 Å². The van der Waals surface area contributed by atoms with Crippen molar-refractivity contribution < 1.29 is 17.9 Å². The van der Waals surface area contributed by atoms with Crippen LogP contribution >= 0.6 is 0 Å². The number of aromatic nitrogens is 8. The molecule has 208 valence electrons. The van der Waals surface area contributed by atoms with Crippen molar-refractivity contribution in [3.05, 3.63) is 84.1 Å². The van der Waals surface area contributed by atoms with Gasteiger partial charge in [0, 0.05) is 5.39 Å². The fourth-order valence-corrected chi connectivity index (χ4v) is 5.82. The number of nitrogens with one attached hydrogen (secondary N) is 2. The Hall–Kier alpha value is -5.65. The van der Waals surface area contributed by atoms with Gasteiger partial charge in [-0.1, -0.05) is 24.3 Å². The van der Waals surface area contributed by atoms with Gasteiger partial charge in [-0.15, -0.1) is 0 Å². The van der Waals surface area contributed by atoms with E-state index in [0.29, 0.717) is 84.8 Å². The SMILES string of the molecule is N[C](=[Zn])/C(N)=C(/N)c1[c-]c2nc3nc(nc4[nH]c(nc5nc(nc1[nH]2)-c1c(N)cccc1-5)c1ccccc41)-c1ccccc1-3. The van der Waals surface area contributed by atoms with Crippen molar-refractivity contribution in [2.75, 3.05) is 5.73 Å². The standard InChI is InChI=1S/C31H21N12.Zn/c32-13-21(34)24(35)19-12-22-36-25-14-6-1-2-7-15(14)26(38-25)39-27-16-8-3-4-9-17(16)28(40-27)41-29-18-10-5-11-20(33)23(18)31(42-29)43-30(19)37-22;/h1-11H,32-35H2,(H2,36,37,38,39,40,41,42,43);/q-1;/b24-21-;. The second-order valence-corrected chi connectivity index (χ2v) is 11.9. The van der Waals surface area contributed by atoms with Crippen molar-refractivity contribution in [1.29, 1.82) is 0 Å². The molecule has 0 unspecified atom stereocenters. The van der Waals surface area contributed by atoms with Gasteiger partial charge in [0.2, 0.25) is 0 Å². The van der Waals surface area contributed by atoms with Crippen LogP contribution in [-0.2, 0) is 17.9 Å². The molecule has 2 aliphatic rings. The Bertz CT molecular complexity index is 2420. The van der Waals surface area contributed by atoms with Gasteiger partial charge in [0.15, 0.2) is 0 Å². The number of fused-ring (bicyclic) bond motifs is 17. The second kappa shape index (κ2) is 9.70. The van der Waals surface area contributed by atoms with E-state index in [-0.39, 0.29) is 11.4 Å². The first-order valence-electron chi connectivity index (χ1n) is 13.6. The molecule has 3 aromatic heterocycles. The molecule has 5 heterocycles. The molecule has 0 spiro atoms. The van der Waals surface area contributed by atoms with E-state index in [1.54, 1.807) is 6.07 Å². The minimum absolute atomic E-state index is 0.220. The molecule has 0 amide bonds. The molecule has 0 radical (unpaired) electrons. The van der Waals surface area contributed by atoms with E-state index in [2.05, 4.69) is 16.0 Å². The molecule has 3 aromatic carbocycles. The monoisotopic (exact) mass is 625 g/mol. The summed E-state index contributed by atoms with van der Waals surface area (Å²) >= 11 is 0.641. The maximum absolute atomic E-state index is 6.52. The molecule has 13 heteroatoms. The van der Waals surface area contributed by atoms with E-state index < -0.39 is 0 Å². The molecular weight excluding hydrogens is 606 g/mol. The number of aromatic amines is 2. The van der Waals surface area contributed by atoms with E-state index in [4.69, 9.17) is 52.8 Å². The van der Waals surface area contributed by atoms with Crippen LogP contribution in [0, 0.1) is 6.07 Å². The number of benzene rings is 3. The zero-order valence-corrected chi connectivity index (χ0v) is 26.0. The van der Waals surface area contributed by atoms with Crippen molar-refractivity contribution >= 4 is 49.0 Å². The summed E-state index contributed by atoms with van der Waals surface area (Å²) < 4.78 is 0.481. The van der Waals surface area contributed by atoms with Gasteiger partial charge in [0.1, 0.15) is 0 Å². The first kappa shape index (κ1) is 26.0. The van der Waals surface area contributed by atoms with Crippen molar-refractivity contribution in [3.63, 3.8) is 0 Å². The third-order valence-corrected chi connectivity index (χ3v) is 8.36. The summed E-state index contributed by atoms with van der Waals surface area (Å²) in [4.78, 5) is 35.9. The van der Waals surface area contributed by atoms with Gasteiger partial charge in [-0.25, -0.2) is 0 Å². The van der Waals surface area contributed by atoms with Gasteiger partial charge >= 0.3 is 230 Å². The molecule has 2 aliphatic heterocycles. The normalized spacial score (nSPS) is 12.5. The molecule has 12 nitrogen and oxygen atoms in total. The summed E-state index contributed by atoms with van der Waals surface area (Å²) in [5.74, 6) is 1.75. The summed E-state index contributed by atoms with van der Waals surface area (Å²) in [6.45, 7) is 0. The van der Waals surface area contributed by atoms with Crippen LogP contribution < -0.4 is 22.9 Å². The van der Waals surface area contributed by atoms with Crippen LogP contribution in [0.4, 0.5) is 5.69 Å². The second-order valence-electron chi connectivity index (χ2n) is 10.3. The average Bonchev–Trinajstić information content (AvgIpc) is 3.77. The van der Waals surface area contributed by atoms with Crippen molar-refractivity contribution in [1.82, 2.24) is 39.9 Å². The fraction of sp³-hybridized carbons (Fsp3) is 0. The Morgan fingerprint density at radius 2 is 1.18 bits per heavy atom. The first-order chi connectivity index (χ1) is 21.4. The minimum atomic E-state index is 0.220. The van der Waals surface area contributed by atoms with E-state index in [1.165, 1.54) is 0 Å². The number of H-pyrrole nitrogens is 2. The predicted octanol–water partition coefficient (Wildman–Crippen LogP) is 3.32. The van der Waals surface area contributed by atoms with E-state index in [9.17, 15) is 0 Å². The maximum atomic E-state index is 6.52. The topological polar surface area (TPSA) is 213 Å². The average molecular weight is 627 g/mol. The number of nitrogens with two attached hydrogens (primary N) is 4. The Labute approximate surface area is 258 Å². The number of nitrogens with zero attached hydrogens (tertiary/aromatic N) is 6. The summed E-state index contributed by atoms with van der Waals surface area (Å²) in [5.41, 5.74) is 31.6. The Morgan fingerprint density at radius 3 is 1.86 bits per heavy atom. The molecule has 8 rings (SSSR count). The third kappa shape index (κ3) is 4.02. The number of nitrogen functional groups attached to an aromatic ring is 1. The number of hydrogen-bond acceptors (Lipinski definition) is 10. The molecule has 0 aliphatic carbocycles. The molecule has 44 heavy (non-hydrogen) atoms. The third-order valence-electron chi connectivity index (χ3n) is 7.56. The fourth-order valence-electron chi connectivity index (χ4n) is 5.42. The molecular formula is C31H21N12Zn-. The van der Waals surface area contributed by atoms with Crippen LogP contribution in [-0.4, -0.2) is 44.1 Å². The van der Waals surface area contributed by atoms with E-state index >= 15 is 0 Å². The Kier molecular flexibility index (Phi) is 5.73. The van der Waals surface area contributed by atoms with E-state index in [0.717, 1.165) is 27.5 Å². The summed E-state index contributed by atoms with van der Waals surface area (Å²) in [6.07, 6.45) is 0. The number of anilines is 1. The summed E-state index contributed by atoms with van der Waals surface area (Å²) in [5, 5.41) is 1.77. The van der Waals surface area contributed by atoms with Gasteiger partial charge < -0.3 is 0 Å². The van der Waals surface area contributed by atoms with E-state index in [1.807, 2.05) is 60.7 Å². The van der Waals surface area contributed by atoms with Crippen molar-refractivity contribution in [2.45, 2.75) is 0 Å². The number of hydrogen-bond donors (Lipinski definition) is 6. The Morgan fingerprint density at radius 1 is 0.614 bits per heavy atom. The van der Waals surface area contributed by atoms with Crippen LogP contribution in [0.15, 0.2) is 72.4 Å².